The molecule has 5 fully saturated rings. The van der Waals surface area contributed by atoms with Gasteiger partial charge in [-0.25, -0.2) is 9.78 Å². The van der Waals surface area contributed by atoms with Crippen LogP contribution in [0.4, 0.5) is 4.79 Å². The lowest BCUT2D eigenvalue weighted by Crippen LogP contribution is -2.62. The van der Waals surface area contributed by atoms with Crippen molar-refractivity contribution in [3.63, 3.8) is 0 Å². The number of nitrogens with zero attached hydrogens (tertiary/aromatic N) is 3. The smallest absolute Gasteiger partial charge is 0.315 e. The van der Waals surface area contributed by atoms with Gasteiger partial charge in [0.15, 0.2) is 0 Å². The molecule has 0 radical (unpaired) electrons. The van der Waals surface area contributed by atoms with Crippen LogP contribution in [0.2, 0.25) is 0 Å². The van der Waals surface area contributed by atoms with E-state index in [4.69, 9.17) is 0 Å². The first-order valence-corrected chi connectivity index (χ1v) is 10.8. The molecule has 0 aromatic carbocycles. The lowest BCUT2D eigenvalue weighted by atomic mass is 9.53. The van der Waals surface area contributed by atoms with E-state index in [-0.39, 0.29) is 23.5 Å². The van der Waals surface area contributed by atoms with E-state index in [1.807, 2.05) is 11.9 Å². The topological polar surface area (TPSA) is 79.3 Å². The zero-order valence-electron chi connectivity index (χ0n) is 16.7. The second-order valence-electron chi connectivity index (χ2n) is 9.79. The summed E-state index contributed by atoms with van der Waals surface area (Å²) in [4.78, 5) is 31.2. The quantitative estimate of drug-likeness (QED) is 0.838. The molecule has 1 aromatic heterocycles. The fourth-order valence-electron chi connectivity index (χ4n) is 6.64. The zero-order chi connectivity index (χ0) is 19.3. The number of carbonyl (C=O) groups is 2. The monoisotopic (exact) mass is 385 g/mol. The Morgan fingerprint density at radius 1 is 1.07 bits per heavy atom. The number of carbonyl (C=O) groups excluding carboxylic acids is 2. The number of rotatable bonds is 3. The average molecular weight is 386 g/mol. The molecule has 7 nitrogen and oxygen atoms in total. The number of amides is 3. The van der Waals surface area contributed by atoms with Gasteiger partial charge in [-0.3, -0.25) is 4.79 Å². The molecular formula is C21H31N5O2. The molecular weight excluding hydrogens is 354 g/mol. The van der Waals surface area contributed by atoms with Gasteiger partial charge in [-0.15, -0.1) is 0 Å². The number of urea groups is 1. The minimum absolute atomic E-state index is 0.00328. The maximum Gasteiger partial charge on any atom is 0.315 e. The van der Waals surface area contributed by atoms with Crippen LogP contribution in [-0.4, -0.2) is 51.1 Å². The average Bonchev–Trinajstić information content (AvgIpc) is 3.06. The van der Waals surface area contributed by atoms with Gasteiger partial charge in [-0.2, -0.15) is 0 Å². The molecule has 2 heterocycles. The molecule has 152 valence electrons. The van der Waals surface area contributed by atoms with E-state index < -0.39 is 0 Å². The fourth-order valence-corrected chi connectivity index (χ4v) is 6.64. The molecule has 6 rings (SSSR count). The lowest BCUT2D eigenvalue weighted by molar-refractivity contribution is -0.0137. The van der Waals surface area contributed by atoms with Crippen molar-refractivity contribution in [3.8, 4) is 0 Å². The summed E-state index contributed by atoms with van der Waals surface area (Å²) in [5.41, 5.74) is 0.544. The first-order valence-electron chi connectivity index (χ1n) is 10.8. The summed E-state index contributed by atoms with van der Waals surface area (Å²) in [6.07, 6.45) is 12.7. The van der Waals surface area contributed by atoms with Gasteiger partial charge in [0.2, 0.25) is 0 Å². The number of nitrogens with one attached hydrogen (secondary N) is 2. The molecule has 1 aromatic rings. The third-order valence-electron chi connectivity index (χ3n) is 7.46. The largest absolute Gasteiger partial charge is 0.340 e. The highest BCUT2D eigenvalue weighted by Gasteiger charge is 2.51. The van der Waals surface area contributed by atoms with Gasteiger partial charge < -0.3 is 20.1 Å². The van der Waals surface area contributed by atoms with Crippen molar-refractivity contribution >= 4 is 11.9 Å². The molecule has 0 spiro atoms. The van der Waals surface area contributed by atoms with Crippen molar-refractivity contribution in [3.05, 3.63) is 18.2 Å². The Bertz CT molecular complexity index is 729. The standard InChI is InChI=1S/C21H31N5O2/c1-25-12-18(22-13-25)19(27)26-4-2-17(3-5-26)23-20(28)24-21-9-14-6-15(10-21)8-16(7-14)11-21/h12-17H,2-11H2,1H3,(H2,23,24,28). The number of hydrogen-bond acceptors (Lipinski definition) is 3. The zero-order valence-corrected chi connectivity index (χ0v) is 16.7. The van der Waals surface area contributed by atoms with E-state index in [2.05, 4.69) is 15.6 Å². The molecule has 4 aliphatic carbocycles. The molecule has 3 amide bonds. The molecule has 0 unspecified atom stereocenters. The first-order chi connectivity index (χ1) is 13.5. The Morgan fingerprint density at radius 3 is 2.21 bits per heavy atom. The van der Waals surface area contributed by atoms with Crippen molar-refractivity contribution < 1.29 is 9.59 Å². The fraction of sp³-hybridized carbons (Fsp3) is 0.762. The van der Waals surface area contributed by atoms with Gasteiger partial charge in [-0.05, 0) is 69.1 Å². The number of hydrogen-bond donors (Lipinski definition) is 2. The van der Waals surface area contributed by atoms with Crippen LogP contribution in [0.5, 0.6) is 0 Å². The van der Waals surface area contributed by atoms with E-state index >= 15 is 0 Å². The summed E-state index contributed by atoms with van der Waals surface area (Å²) in [6.45, 7) is 1.33. The predicted octanol–water partition coefficient (Wildman–Crippen LogP) is 2.29. The molecule has 28 heavy (non-hydrogen) atoms. The molecule has 2 N–H and O–H groups in total. The Hall–Kier alpha value is -2.05. The van der Waals surface area contributed by atoms with Crippen LogP contribution in [0.1, 0.15) is 61.9 Å². The van der Waals surface area contributed by atoms with Crippen LogP contribution in [0.3, 0.4) is 0 Å². The van der Waals surface area contributed by atoms with Crippen LogP contribution >= 0.6 is 0 Å². The Kier molecular flexibility index (Phi) is 4.36. The summed E-state index contributed by atoms with van der Waals surface area (Å²) in [6, 6.07) is 0.137. The van der Waals surface area contributed by atoms with Gasteiger partial charge in [-0.1, -0.05) is 0 Å². The van der Waals surface area contributed by atoms with Gasteiger partial charge in [0, 0.05) is 37.9 Å². The summed E-state index contributed by atoms with van der Waals surface area (Å²) in [5, 5.41) is 6.58. The van der Waals surface area contributed by atoms with Gasteiger partial charge in [0.25, 0.3) is 5.91 Å². The Balaban J connectivity index is 1.12. The van der Waals surface area contributed by atoms with E-state index in [1.54, 1.807) is 17.1 Å². The number of aryl methyl sites for hydroxylation is 1. The third kappa shape index (κ3) is 3.40. The van der Waals surface area contributed by atoms with Crippen molar-refractivity contribution in [1.29, 1.82) is 0 Å². The number of imidazole rings is 1. The lowest BCUT2D eigenvalue weighted by Gasteiger charge is -2.56. The highest BCUT2D eigenvalue weighted by molar-refractivity contribution is 5.92. The SMILES string of the molecule is Cn1cnc(C(=O)N2CCC(NC(=O)NC34CC5CC(CC(C5)C3)C4)CC2)c1. The van der Waals surface area contributed by atoms with Crippen LogP contribution in [0.25, 0.3) is 0 Å². The highest BCUT2D eigenvalue weighted by Crippen LogP contribution is 2.55. The molecule has 5 aliphatic rings. The summed E-state index contributed by atoms with van der Waals surface area (Å²) < 4.78 is 1.79. The van der Waals surface area contributed by atoms with Gasteiger partial charge in [0.05, 0.1) is 6.33 Å². The van der Waals surface area contributed by atoms with Crippen molar-refractivity contribution in [2.24, 2.45) is 24.8 Å². The van der Waals surface area contributed by atoms with Crippen molar-refractivity contribution in [1.82, 2.24) is 25.1 Å². The Labute approximate surface area is 166 Å². The molecule has 0 atom stereocenters. The second-order valence-corrected chi connectivity index (χ2v) is 9.79. The highest BCUT2D eigenvalue weighted by atomic mass is 16.2. The predicted molar refractivity (Wildman–Crippen MR) is 105 cm³/mol. The third-order valence-corrected chi connectivity index (χ3v) is 7.46. The minimum atomic E-state index is -0.0166. The maximum atomic E-state index is 12.7. The minimum Gasteiger partial charge on any atom is -0.340 e. The van der Waals surface area contributed by atoms with E-state index in [9.17, 15) is 9.59 Å². The summed E-state index contributed by atoms with van der Waals surface area (Å²) >= 11 is 0. The molecule has 7 heteroatoms. The van der Waals surface area contributed by atoms with Crippen LogP contribution in [-0.2, 0) is 7.05 Å². The number of likely N-dealkylation sites (tertiary alicyclic amines) is 1. The maximum absolute atomic E-state index is 12.7. The summed E-state index contributed by atoms with van der Waals surface area (Å²) in [5.74, 6) is 2.46. The second kappa shape index (κ2) is 6.78. The Morgan fingerprint density at radius 2 is 1.68 bits per heavy atom. The summed E-state index contributed by atoms with van der Waals surface area (Å²) in [7, 11) is 1.86. The van der Waals surface area contributed by atoms with Crippen LogP contribution in [0, 0.1) is 17.8 Å². The normalized spacial score (nSPS) is 34.5. The van der Waals surface area contributed by atoms with Gasteiger partial charge in [0.1, 0.15) is 5.69 Å². The number of aromatic nitrogens is 2. The van der Waals surface area contributed by atoms with E-state index in [0.29, 0.717) is 18.8 Å². The van der Waals surface area contributed by atoms with Gasteiger partial charge >= 0.3 is 6.03 Å². The molecule has 4 bridgehead atoms. The van der Waals surface area contributed by atoms with E-state index in [0.717, 1.165) is 30.6 Å². The van der Waals surface area contributed by atoms with E-state index in [1.165, 1.54) is 38.5 Å². The van der Waals surface area contributed by atoms with Crippen molar-refractivity contribution in [2.45, 2.75) is 62.9 Å². The molecule has 4 saturated carbocycles. The number of piperidine rings is 1. The molecule has 1 aliphatic heterocycles. The first kappa shape index (κ1) is 18.0. The van der Waals surface area contributed by atoms with Crippen LogP contribution in [0.15, 0.2) is 12.5 Å². The molecule has 1 saturated heterocycles. The van der Waals surface area contributed by atoms with Crippen LogP contribution < -0.4 is 10.6 Å². The van der Waals surface area contributed by atoms with Crippen molar-refractivity contribution in [2.75, 3.05) is 13.1 Å².